The first-order valence-electron chi connectivity index (χ1n) is 16.6. The number of nitrogens with zero attached hydrogens (tertiary/aromatic N) is 1. The first-order valence-corrected chi connectivity index (χ1v) is 16.6. The van der Waals surface area contributed by atoms with Gasteiger partial charge in [0.15, 0.2) is 0 Å². The number of benzene rings is 3. The number of ether oxygens (including phenoxy) is 2. The predicted octanol–water partition coefficient (Wildman–Crippen LogP) is 5.37. The highest BCUT2D eigenvalue weighted by Crippen LogP contribution is 2.29. The molecule has 0 bridgehead atoms. The van der Waals surface area contributed by atoms with Crippen LogP contribution in [0.4, 0.5) is 4.79 Å². The van der Waals surface area contributed by atoms with E-state index in [1.807, 2.05) is 92.7 Å². The van der Waals surface area contributed by atoms with Gasteiger partial charge in [0.05, 0.1) is 6.61 Å². The molecular weight excluding hydrogens is 622 g/mol. The summed E-state index contributed by atoms with van der Waals surface area (Å²) in [6.45, 7) is 13.4. The third kappa shape index (κ3) is 12.0. The molecule has 0 aliphatic carbocycles. The highest BCUT2D eigenvalue weighted by Gasteiger charge is 2.39. The Labute approximate surface area is 290 Å². The molecule has 3 rings (SSSR count). The number of alkyl carbamates (subject to hydrolysis) is 1. The molecule has 3 unspecified atom stereocenters. The van der Waals surface area contributed by atoms with E-state index in [-0.39, 0.29) is 19.4 Å². The SMILES string of the molecule is Cc1cccc(C)c1C(C(=O)NC(Cc1ccccc1)C(=O)OC(C)(C)C)N(CCO)C(=O)C(Cc1ccccc1)NC(=O)OC(C)(C)C. The fraction of sp³-hybridized carbons (Fsp3) is 0.436. The first-order chi connectivity index (χ1) is 23.0. The zero-order valence-electron chi connectivity index (χ0n) is 29.9. The number of carbonyl (C=O) groups excluding carboxylic acids is 4. The number of hydrogen-bond donors (Lipinski definition) is 3. The summed E-state index contributed by atoms with van der Waals surface area (Å²) in [4.78, 5) is 57.1. The molecule has 49 heavy (non-hydrogen) atoms. The third-order valence-corrected chi connectivity index (χ3v) is 7.56. The fourth-order valence-corrected chi connectivity index (χ4v) is 5.53. The highest BCUT2D eigenvalue weighted by atomic mass is 16.6. The second-order valence-corrected chi connectivity index (χ2v) is 14.1. The van der Waals surface area contributed by atoms with Crippen LogP contribution in [0.25, 0.3) is 0 Å². The molecule has 3 amide bonds. The van der Waals surface area contributed by atoms with Crippen molar-refractivity contribution in [3.05, 3.63) is 107 Å². The van der Waals surface area contributed by atoms with E-state index in [0.717, 1.165) is 22.3 Å². The predicted molar refractivity (Wildman–Crippen MR) is 189 cm³/mol. The monoisotopic (exact) mass is 673 g/mol. The number of hydrogen-bond acceptors (Lipinski definition) is 7. The maximum atomic E-state index is 14.7. The Bertz CT molecular complexity index is 1540. The van der Waals surface area contributed by atoms with Gasteiger partial charge in [0, 0.05) is 19.4 Å². The number of aryl methyl sites for hydroxylation is 2. The molecule has 0 spiro atoms. The molecule has 10 nitrogen and oxygen atoms in total. The molecule has 3 aromatic carbocycles. The van der Waals surface area contributed by atoms with Crippen molar-refractivity contribution in [2.24, 2.45) is 0 Å². The van der Waals surface area contributed by atoms with Crippen molar-refractivity contribution in [3.8, 4) is 0 Å². The van der Waals surface area contributed by atoms with Crippen molar-refractivity contribution in [2.75, 3.05) is 13.2 Å². The second kappa shape index (κ2) is 17.1. The molecule has 0 aliphatic heterocycles. The van der Waals surface area contributed by atoms with Crippen molar-refractivity contribution in [1.29, 1.82) is 0 Å². The number of aliphatic hydroxyl groups is 1. The second-order valence-electron chi connectivity index (χ2n) is 14.1. The average molecular weight is 674 g/mol. The lowest BCUT2D eigenvalue weighted by Crippen LogP contribution is -2.56. The van der Waals surface area contributed by atoms with Crippen LogP contribution in [-0.4, -0.2) is 70.3 Å². The zero-order chi connectivity index (χ0) is 36.4. The third-order valence-electron chi connectivity index (χ3n) is 7.56. The van der Waals surface area contributed by atoms with Crippen LogP contribution in [0.3, 0.4) is 0 Å². The molecule has 0 fully saturated rings. The van der Waals surface area contributed by atoms with Gasteiger partial charge in [-0.1, -0.05) is 78.9 Å². The summed E-state index contributed by atoms with van der Waals surface area (Å²) in [6.07, 6.45) is -0.561. The zero-order valence-corrected chi connectivity index (χ0v) is 29.9. The van der Waals surface area contributed by atoms with Crippen molar-refractivity contribution in [3.63, 3.8) is 0 Å². The van der Waals surface area contributed by atoms with Crippen LogP contribution < -0.4 is 10.6 Å². The Morgan fingerprint density at radius 2 is 1.18 bits per heavy atom. The standard InChI is InChI=1S/C39H51N3O7/c1-26-16-15-17-27(2)32(26)33(34(44)40-31(36(46)48-38(3,4)5)25-29-20-13-10-14-21-29)42(22-23-43)35(45)30(24-28-18-11-9-12-19-28)41-37(47)49-39(6,7)8/h9-21,30-31,33,43H,22-25H2,1-8H3,(H,40,44)(H,41,47). The van der Waals surface area contributed by atoms with E-state index in [1.54, 1.807) is 41.5 Å². The molecule has 3 N–H and O–H groups in total. The number of esters is 1. The quantitative estimate of drug-likeness (QED) is 0.208. The van der Waals surface area contributed by atoms with Gasteiger partial charge in [0.1, 0.15) is 29.3 Å². The van der Waals surface area contributed by atoms with Gasteiger partial charge < -0.3 is 30.1 Å². The molecule has 264 valence electrons. The van der Waals surface area contributed by atoms with Gasteiger partial charge in [0.25, 0.3) is 0 Å². The Hall–Kier alpha value is -4.70. The van der Waals surface area contributed by atoms with Crippen molar-refractivity contribution in [2.45, 2.75) is 97.6 Å². The summed E-state index contributed by atoms with van der Waals surface area (Å²) in [5.41, 5.74) is 1.92. The molecular formula is C39H51N3O7. The first kappa shape index (κ1) is 38.7. The largest absolute Gasteiger partial charge is 0.458 e. The summed E-state index contributed by atoms with van der Waals surface area (Å²) < 4.78 is 11.2. The van der Waals surface area contributed by atoms with Gasteiger partial charge in [0.2, 0.25) is 11.8 Å². The Morgan fingerprint density at radius 1 is 0.694 bits per heavy atom. The Morgan fingerprint density at radius 3 is 1.65 bits per heavy atom. The van der Waals surface area contributed by atoms with Crippen molar-refractivity contribution < 1.29 is 33.8 Å². The Balaban J connectivity index is 2.12. The summed E-state index contributed by atoms with van der Waals surface area (Å²) in [5.74, 6) is -1.87. The summed E-state index contributed by atoms with van der Waals surface area (Å²) in [5, 5.41) is 15.9. The van der Waals surface area contributed by atoms with E-state index in [4.69, 9.17) is 9.47 Å². The Kier molecular flexibility index (Phi) is 13.5. The van der Waals surface area contributed by atoms with Crippen LogP contribution in [0.2, 0.25) is 0 Å². The molecule has 0 saturated carbocycles. The molecule has 0 aliphatic rings. The molecule has 0 saturated heterocycles. The number of amides is 3. The van der Waals surface area contributed by atoms with E-state index in [1.165, 1.54) is 4.90 Å². The van der Waals surface area contributed by atoms with E-state index in [2.05, 4.69) is 10.6 Å². The molecule has 0 aromatic heterocycles. The topological polar surface area (TPSA) is 134 Å². The number of nitrogens with one attached hydrogen (secondary N) is 2. The fourth-order valence-electron chi connectivity index (χ4n) is 5.53. The van der Waals surface area contributed by atoms with Crippen LogP contribution in [0.5, 0.6) is 0 Å². The van der Waals surface area contributed by atoms with E-state index in [9.17, 15) is 24.3 Å². The molecule has 0 heterocycles. The van der Waals surface area contributed by atoms with Gasteiger partial charge in [-0.3, -0.25) is 9.59 Å². The maximum Gasteiger partial charge on any atom is 0.408 e. The minimum atomic E-state index is -1.28. The highest BCUT2D eigenvalue weighted by molar-refractivity contribution is 5.94. The molecule has 10 heteroatoms. The van der Waals surface area contributed by atoms with Gasteiger partial charge in [-0.25, -0.2) is 9.59 Å². The lowest BCUT2D eigenvalue weighted by Gasteiger charge is -2.36. The minimum Gasteiger partial charge on any atom is -0.458 e. The normalized spacial score (nSPS) is 13.4. The molecule has 3 aromatic rings. The number of carbonyl (C=O) groups is 4. The van der Waals surface area contributed by atoms with Crippen molar-refractivity contribution >= 4 is 23.9 Å². The van der Waals surface area contributed by atoms with Crippen LogP contribution >= 0.6 is 0 Å². The van der Waals surface area contributed by atoms with Crippen LogP contribution in [-0.2, 0) is 36.7 Å². The lowest BCUT2D eigenvalue weighted by molar-refractivity contribution is -0.159. The summed E-state index contributed by atoms with van der Waals surface area (Å²) in [6, 6.07) is 20.4. The minimum absolute atomic E-state index is 0.0937. The summed E-state index contributed by atoms with van der Waals surface area (Å²) in [7, 11) is 0. The average Bonchev–Trinajstić information content (AvgIpc) is 3.00. The number of aliphatic hydroxyl groups excluding tert-OH is 1. The molecule has 0 radical (unpaired) electrons. The van der Waals surface area contributed by atoms with E-state index >= 15 is 0 Å². The van der Waals surface area contributed by atoms with Gasteiger partial charge >= 0.3 is 12.1 Å². The van der Waals surface area contributed by atoms with E-state index in [0.29, 0.717) is 5.56 Å². The van der Waals surface area contributed by atoms with Gasteiger partial charge in [-0.2, -0.15) is 0 Å². The number of rotatable bonds is 13. The van der Waals surface area contributed by atoms with Gasteiger partial charge in [-0.05, 0) is 83.2 Å². The van der Waals surface area contributed by atoms with Crippen LogP contribution in [0.15, 0.2) is 78.9 Å². The van der Waals surface area contributed by atoms with Crippen LogP contribution in [0.1, 0.15) is 75.4 Å². The van der Waals surface area contributed by atoms with E-state index < -0.39 is 59.8 Å². The van der Waals surface area contributed by atoms with Crippen molar-refractivity contribution in [1.82, 2.24) is 15.5 Å². The summed E-state index contributed by atoms with van der Waals surface area (Å²) >= 11 is 0. The smallest absolute Gasteiger partial charge is 0.408 e. The maximum absolute atomic E-state index is 14.7. The lowest BCUT2D eigenvalue weighted by atomic mass is 9.92. The molecule has 3 atom stereocenters. The van der Waals surface area contributed by atoms with Gasteiger partial charge in [-0.15, -0.1) is 0 Å². The van der Waals surface area contributed by atoms with Crippen LogP contribution in [0, 0.1) is 13.8 Å².